The molecule has 0 saturated carbocycles. The van der Waals surface area contributed by atoms with Gasteiger partial charge in [0.25, 0.3) is 5.91 Å². The molecule has 27 heavy (non-hydrogen) atoms. The summed E-state index contributed by atoms with van der Waals surface area (Å²) in [5, 5.41) is 7.02. The maximum absolute atomic E-state index is 12.1. The van der Waals surface area contributed by atoms with Crippen LogP contribution in [0.4, 0.5) is 0 Å². The van der Waals surface area contributed by atoms with Crippen LogP contribution >= 0.6 is 15.9 Å². The van der Waals surface area contributed by atoms with Crippen LogP contribution in [0, 0.1) is 0 Å². The first-order chi connectivity index (χ1) is 13.1. The molecular weight excluding hydrogens is 410 g/mol. The highest BCUT2D eigenvalue weighted by molar-refractivity contribution is 9.10. The number of amides is 1. The van der Waals surface area contributed by atoms with Crippen molar-refractivity contribution in [2.24, 2.45) is 0 Å². The molecule has 0 saturated heterocycles. The van der Waals surface area contributed by atoms with Crippen molar-refractivity contribution in [2.45, 2.75) is 32.9 Å². The molecule has 0 aliphatic rings. The summed E-state index contributed by atoms with van der Waals surface area (Å²) in [7, 11) is 0. The smallest absolute Gasteiger partial charge is 0.286 e. The molecule has 2 aromatic heterocycles. The van der Waals surface area contributed by atoms with Gasteiger partial charge in [-0.25, -0.2) is 0 Å². The Bertz CT molecular complexity index is 871. The third kappa shape index (κ3) is 5.72. The Hall–Kier alpha value is -2.54. The van der Waals surface area contributed by atoms with Crippen molar-refractivity contribution >= 4 is 21.8 Å². The Labute approximate surface area is 166 Å². The first kappa shape index (κ1) is 19.2. The molecule has 0 spiro atoms. The van der Waals surface area contributed by atoms with Gasteiger partial charge in [0.15, 0.2) is 5.76 Å². The highest BCUT2D eigenvalue weighted by atomic mass is 79.9. The van der Waals surface area contributed by atoms with Crippen molar-refractivity contribution in [3.63, 3.8) is 0 Å². The predicted molar refractivity (Wildman–Crippen MR) is 106 cm³/mol. The fraction of sp³-hybridized carbons (Fsp3) is 0.300. The number of furan rings is 1. The number of ether oxygens (including phenoxy) is 1. The van der Waals surface area contributed by atoms with E-state index in [-0.39, 0.29) is 18.3 Å². The van der Waals surface area contributed by atoms with Crippen molar-refractivity contribution in [1.29, 1.82) is 0 Å². The molecule has 0 bridgehead atoms. The lowest BCUT2D eigenvalue weighted by molar-refractivity contribution is 0.0921. The van der Waals surface area contributed by atoms with Crippen LogP contribution < -0.4 is 10.1 Å². The highest BCUT2D eigenvalue weighted by Crippen LogP contribution is 2.16. The molecule has 3 aromatic rings. The van der Waals surface area contributed by atoms with E-state index in [1.54, 1.807) is 18.3 Å². The summed E-state index contributed by atoms with van der Waals surface area (Å²) in [5.74, 6) is 1.45. The number of hydrogen-bond donors (Lipinski definition) is 1. The van der Waals surface area contributed by atoms with E-state index in [4.69, 9.17) is 9.15 Å². The van der Waals surface area contributed by atoms with E-state index in [1.807, 2.05) is 35.1 Å². The Kier molecular flexibility index (Phi) is 6.70. The largest absolute Gasteiger partial charge is 0.486 e. The first-order valence-corrected chi connectivity index (χ1v) is 9.70. The number of nitrogens with zero attached hydrogens (tertiary/aromatic N) is 2. The fourth-order valence-electron chi connectivity index (χ4n) is 2.54. The molecule has 0 aliphatic heterocycles. The molecule has 3 rings (SSSR count). The molecule has 1 amide bonds. The van der Waals surface area contributed by atoms with Crippen molar-refractivity contribution in [3.8, 4) is 5.75 Å². The van der Waals surface area contributed by atoms with Gasteiger partial charge in [0.1, 0.15) is 18.1 Å². The molecule has 1 N–H and O–H groups in total. The monoisotopic (exact) mass is 431 g/mol. The van der Waals surface area contributed by atoms with E-state index in [0.29, 0.717) is 12.3 Å². The lowest BCUT2D eigenvalue weighted by Gasteiger charge is -2.05. The van der Waals surface area contributed by atoms with Gasteiger partial charge in [0.05, 0.1) is 10.7 Å². The zero-order valence-corrected chi connectivity index (χ0v) is 16.7. The maximum atomic E-state index is 12.1. The SMILES string of the molecule is CCc1ccc(OCc2ccc(C(=O)NCCCn3cc(Br)cn3)o2)cc1. The Balaban J connectivity index is 1.41. The third-order valence-electron chi connectivity index (χ3n) is 4.05. The molecule has 1 aromatic carbocycles. The number of aryl methyl sites for hydroxylation is 2. The molecule has 0 atom stereocenters. The molecule has 7 heteroatoms. The van der Waals surface area contributed by atoms with E-state index < -0.39 is 0 Å². The van der Waals surface area contributed by atoms with Gasteiger partial charge >= 0.3 is 0 Å². The van der Waals surface area contributed by atoms with Crippen molar-refractivity contribution in [2.75, 3.05) is 6.54 Å². The average Bonchev–Trinajstić information content (AvgIpc) is 3.33. The van der Waals surface area contributed by atoms with E-state index in [9.17, 15) is 4.79 Å². The van der Waals surface area contributed by atoms with Crippen LogP contribution in [0.15, 0.2) is 57.7 Å². The summed E-state index contributed by atoms with van der Waals surface area (Å²) >= 11 is 3.36. The van der Waals surface area contributed by atoms with Crippen molar-refractivity contribution in [3.05, 3.63) is 70.3 Å². The number of hydrogen-bond acceptors (Lipinski definition) is 4. The molecule has 2 heterocycles. The normalized spacial score (nSPS) is 10.7. The summed E-state index contributed by atoms with van der Waals surface area (Å²) in [6.07, 6.45) is 5.42. The quantitative estimate of drug-likeness (QED) is 0.515. The third-order valence-corrected chi connectivity index (χ3v) is 4.46. The molecule has 0 unspecified atom stereocenters. The molecule has 142 valence electrons. The second kappa shape index (κ2) is 9.41. The van der Waals surface area contributed by atoms with Gasteiger partial charge in [-0.2, -0.15) is 5.10 Å². The number of nitrogens with one attached hydrogen (secondary N) is 1. The zero-order valence-electron chi connectivity index (χ0n) is 15.2. The summed E-state index contributed by atoms with van der Waals surface area (Å²) < 4.78 is 14.0. The van der Waals surface area contributed by atoms with Crippen LogP contribution in [0.5, 0.6) is 5.75 Å². The predicted octanol–water partition coefficient (Wildman–Crippen LogP) is 4.20. The summed E-state index contributed by atoms with van der Waals surface area (Å²) in [5.41, 5.74) is 1.26. The summed E-state index contributed by atoms with van der Waals surface area (Å²) in [4.78, 5) is 12.1. The molecule has 0 aliphatic carbocycles. The van der Waals surface area contributed by atoms with E-state index in [0.717, 1.165) is 29.6 Å². The topological polar surface area (TPSA) is 69.3 Å². The maximum Gasteiger partial charge on any atom is 0.286 e. The fourth-order valence-corrected chi connectivity index (χ4v) is 2.87. The minimum atomic E-state index is -0.227. The summed E-state index contributed by atoms with van der Waals surface area (Å²) in [6.45, 7) is 3.68. The Morgan fingerprint density at radius 1 is 1.26 bits per heavy atom. The second-order valence-electron chi connectivity index (χ2n) is 6.08. The van der Waals surface area contributed by atoms with Gasteiger partial charge in [0, 0.05) is 19.3 Å². The first-order valence-electron chi connectivity index (χ1n) is 8.90. The Morgan fingerprint density at radius 3 is 2.78 bits per heavy atom. The van der Waals surface area contributed by atoms with E-state index in [2.05, 4.69) is 33.3 Å². The van der Waals surface area contributed by atoms with Gasteiger partial charge in [-0.05, 0) is 58.6 Å². The number of rotatable bonds is 9. The van der Waals surface area contributed by atoms with E-state index in [1.165, 1.54) is 5.56 Å². The van der Waals surface area contributed by atoms with Gasteiger partial charge < -0.3 is 14.5 Å². The lowest BCUT2D eigenvalue weighted by Crippen LogP contribution is -2.24. The minimum Gasteiger partial charge on any atom is -0.486 e. The van der Waals surface area contributed by atoms with Gasteiger partial charge in [-0.1, -0.05) is 19.1 Å². The number of halogens is 1. The number of aromatic nitrogens is 2. The van der Waals surface area contributed by atoms with Gasteiger partial charge in [-0.3, -0.25) is 9.48 Å². The lowest BCUT2D eigenvalue weighted by atomic mass is 10.2. The number of carbonyl (C=O) groups is 1. The molecule has 0 radical (unpaired) electrons. The highest BCUT2D eigenvalue weighted by Gasteiger charge is 2.11. The standard InChI is InChI=1S/C20H22BrN3O3/c1-2-15-4-6-17(7-5-15)26-14-18-8-9-19(27-18)20(25)22-10-3-11-24-13-16(21)12-23-24/h4-9,12-13H,2-3,10-11,14H2,1H3,(H,22,25). The van der Waals surface area contributed by atoms with E-state index >= 15 is 0 Å². The summed E-state index contributed by atoms with van der Waals surface area (Å²) in [6, 6.07) is 11.4. The molecule has 6 nitrogen and oxygen atoms in total. The van der Waals surface area contributed by atoms with Crippen LogP contribution in [0.25, 0.3) is 0 Å². The van der Waals surface area contributed by atoms with Crippen molar-refractivity contribution < 1.29 is 13.9 Å². The van der Waals surface area contributed by atoms with Crippen LogP contribution in [0.2, 0.25) is 0 Å². The van der Waals surface area contributed by atoms with Gasteiger partial charge in [0.2, 0.25) is 0 Å². The van der Waals surface area contributed by atoms with Crippen LogP contribution in [0.3, 0.4) is 0 Å². The number of benzene rings is 1. The zero-order chi connectivity index (χ0) is 19.1. The van der Waals surface area contributed by atoms with Gasteiger partial charge in [-0.15, -0.1) is 0 Å². The van der Waals surface area contributed by atoms with Crippen molar-refractivity contribution in [1.82, 2.24) is 15.1 Å². The Morgan fingerprint density at radius 2 is 2.07 bits per heavy atom. The molecule has 0 fully saturated rings. The average molecular weight is 432 g/mol. The molecular formula is C20H22BrN3O3. The second-order valence-corrected chi connectivity index (χ2v) is 7.00. The van der Waals surface area contributed by atoms with Crippen LogP contribution in [0.1, 0.15) is 35.2 Å². The van der Waals surface area contributed by atoms with Crippen LogP contribution in [-0.2, 0) is 19.6 Å². The minimum absolute atomic E-state index is 0.227. The number of carbonyl (C=O) groups excluding carboxylic acids is 1. The van der Waals surface area contributed by atoms with Crippen LogP contribution in [-0.4, -0.2) is 22.2 Å².